The van der Waals surface area contributed by atoms with E-state index in [2.05, 4.69) is 24.4 Å². The molecule has 0 saturated carbocycles. The summed E-state index contributed by atoms with van der Waals surface area (Å²) in [4.78, 5) is 13.7. The number of ether oxygens (including phenoxy) is 2. The summed E-state index contributed by atoms with van der Waals surface area (Å²) >= 11 is 0. The molecule has 1 atom stereocenters. The SMILES string of the molecule is CCOc1ccc(C(C)NC)cc1CN1CCOCC1=O. The fourth-order valence-corrected chi connectivity index (χ4v) is 2.38. The molecule has 0 radical (unpaired) electrons. The maximum atomic E-state index is 11.9. The van der Waals surface area contributed by atoms with Crippen LogP contribution in [0.1, 0.15) is 31.0 Å². The van der Waals surface area contributed by atoms with E-state index in [1.165, 1.54) is 5.56 Å². The monoisotopic (exact) mass is 292 g/mol. The molecular formula is C16H24N2O3. The van der Waals surface area contributed by atoms with E-state index in [-0.39, 0.29) is 18.6 Å². The molecule has 1 aliphatic heterocycles. The maximum absolute atomic E-state index is 11.9. The van der Waals surface area contributed by atoms with E-state index in [4.69, 9.17) is 9.47 Å². The highest BCUT2D eigenvalue weighted by Crippen LogP contribution is 2.25. The first-order valence-corrected chi connectivity index (χ1v) is 7.44. The molecule has 1 aromatic rings. The van der Waals surface area contributed by atoms with Gasteiger partial charge in [0, 0.05) is 24.7 Å². The van der Waals surface area contributed by atoms with E-state index >= 15 is 0 Å². The number of hydrogen-bond acceptors (Lipinski definition) is 4. The van der Waals surface area contributed by atoms with Gasteiger partial charge in [-0.15, -0.1) is 0 Å². The molecule has 1 aliphatic rings. The summed E-state index contributed by atoms with van der Waals surface area (Å²) in [6.45, 7) is 6.68. The third-order valence-electron chi connectivity index (χ3n) is 3.76. The van der Waals surface area contributed by atoms with Crippen LogP contribution < -0.4 is 10.1 Å². The zero-order valence-corrected chi connectivity index (χ0v) is 13.0. The van der Waals surface area contributed by atoms with Crippen LogP contribution in [0.5, 0.6) is 5.75 Å². The minimum absolute atomic E-state index is 0.0377. The summed E-state index contributed by atoms with van der Waals surface area (Å²) in [6, 6.07) is 6.44. The second kappa shape index (κ2) is 7.43. The number of benzene rings is 1. The zero-order chi connectivity index (χ0) is 15.2. The first kappa shape index (κ1) is 15.8. The number of nitrogens with zero attached hydrogens (tertiary/aromatic N) is 1. The largest absolute Gasteiger partial charge is 0.494 e. The average Bonchev–Trinajstić information content (AvgIpc) is 2.50. The van der Waals surface area contributed by atoms with E-state index < -0.39 is 0 Å². The molecule has 0 spiro atoms. The van der Waals surface area contributed by atoms with Gasteiger partial charge in [0.05, 0.1) is 13.2 Å². The van der Waals surface area contributed by atoms with Crippen LogP contribution in [0.15, 0.2) is 18.2 Å². The van der Waals surface area contributed by atoms with Crippen molar-refractivity contribution in [3.8, 4) is 5.75 Å². The fraction of sp³-hybridized carbons (Fsp3) is 0.562. The molecule has 1 amide bonds. The molecule has 2 rings (SSSR count). The molecule has 5 heteroatoms. The average molecular weight is 292 g/mol. The predicted molar refractivity (Wildman–Crippen MR) is 81.3 cm³/mol. The van der Waals surface area contributed by atoms with Gasteiger partial charge in [0.2, 0.25) is 5.91 Å². The van der Waals surface area contributed by atoms with Crippen molar-refractivity contribution in [1.29, 1.82) is 0 Å². The van der Waals surface area contributed by atoms with Crippen molar-refractivity contribution in [2.24, 2.45) is 0 Å². The van der Waals surface area contributed by atoms with Gasteiger partial charge in [0.25, 0.3) is 0 Å². The Morgan fingerprint density at radius 3 is 2.95 bits per heavy atom. The highest BCUT2D eigenvalue weighted by molar-refractivity contribution is 5.78. The molecule has 0 aromatic heterocycles. The normalized spacial score (nSPS) is 16.9. The lowest BCUT2D eigenvalue weighted by atomic mass is 10.0. The topological polar surface area (TPSA) is 50.8 Å². The van der Waals surface area contributed by atoms with Gasteiger partial charge in [-0.05, 0) is 38.6 Å². The molecule has 1 aromatic carbocycles. The lowest BCUT2D eigenvalue weighted by Gasteiger charge is -2.28. The van der Waals surface area contributed by atoms with Gasteiger partial charge in [-0.1, -0.05) is 6.07 Å². The number of morpholine rings is 1. The van der Waals surface area contributed by atoms with Gasteiger partial charge < -0.3 is 19.7 Å². The Hall–Kier alpha value is -1.59. The van der Waals surface area contributed by atoms with Crippen LogP contribution in [0.25, 0.3) is 0 Å². The highest BCUT2D eigenvalue weighted by Gasteiger charge is 2.20. The Balaban J connectivity index is 2.22. The van der Waals surface area contributed by atoms with Crippen LogP contribution in [0.2, 0.25) is 0 Å². The summed E-state index contributed by atoms with van der Waals surface area (Å²) in [5.74, 6) is 0.889. The van der Waals surface area contributed by atoms with Crippen molar-refractivity contribution in [1.82, 2.24) is 10.2 Å². The Kier molecular flexibility index (Phi) is 5.59. The number of rotatable bonds is 6. The van der Waals surface area contributed by atoms with Crippen molar-refractivity contribution < 1.29 is 14.3 Å². The van der Waals surface area contributed by atoms with Crippen molar-refractivity contribution in [3.05, 3.63) is 29.3 Å². The molecule has 21 heavy (non-hydrogen) atoms. The van der Waals surface area contributed by atoms with E-state index in [1.54, 1.807) is 0 Å². The lowest BCUT2D eigenvalue weighted by Crippen LogP contribution is -2.41. The predicted octanol–water partition coefficient (Wildman–Crippen LogP) is 1.72. The summed E-state index contributed by atoms with van der Waals surface area (Å²) in [5, 5.41) is 3.23. The van der Waals surface area contributed by atoms with Crippen LogP contribution in [0, 0.1) is 0 Å². The van der Waals surface area contributed by atoms with Gasteiger partial charge in [-0.2, -0.15) is 0 Å². The van der Waals surface area contributed by atoms with Gasteiger partial charge in [-0.3, -0.25) is 4.79 Å². The summed E-state index contributed by atoms with van der Waals surface area (Å²) in [5.41, 5.74) is 2.24. The lowest BCUT2D eigenvalue weighted by molar-refractivity contribution is -0.143. The van der Waals surface area contributed by atoms with E-state index in [9.17, 15) is 4.79 Å². The van der Waals surface area contributed by atoms with Gasteiger partial charge in [0.1, 0.15) is 12.4 Å². The number of hydrogen-bond donors (Lipinski definition) is 1. The molecule has 0 bridgehead atoms. The molecule has 1 N–H and O–H groups in total. The second-order valence-electron chi connectivity index (χ2n) is 5.18. The van der Waals surface area contributed by atoms with Crippen LogP contribution in [0.4, 0.5) is 0 Å². The van der Waals surface area contributed by atoms with Crippen molar-refractivity contribution in [2.45, 2.75) is 26.4 Å². The molecule has 1 fully saturated rings. The third-order valence-corrected chi connectivity index (χ3v) is 3.76. The van der Waals surface area contributed by atoms with Gasteiger partial charge >= 0.3 is 0 Å². The van der Waals surface area contributed by atoms with E-state index in [0.717, 1.165) is 11.3 Å². The van der Waals surface area contributed by atoms with E-state index in [1.807, 2.05) is 24.9 Å². The smallest absolute Gasteiger partial charge is 0.248 e. The van der Waals surface area contributed by atoms with E-state index in [0.29, 0.717) is 26.3 Å². The number of amides is 1. The Bertz CT molecular complexity index is 490. The quantitative estimate of drug-likeness (QED) is 0.867. The minimum atomic E-state index is 0.0377. The maximum Gasteiger partial charge on any atom is 0.248 e. The fourth-order valence-electron chi connectivity index (χ4n) is 2.38. The molecule has 5 nitrogen and oxygen atoms in total. The van der Waals surface area contributed by atoms with Crippen molar-refractivity contribution in [3.63, 3.8) is 0 Å². The van der Waals surface area contributed by atoms with Gasteiger partial charge in [-0.25, -0.2) is 0 Å². The van der Waals surface area contributed by atoms with Gasteiger partial charge in [0.15, 0.2) is 0 Å². The first-order chi connectivity index (χ1) is 10.2. The summed E-state index contributed by atoms with van der Waals surface area (Å²) in [6.07, 6.45) is 0. The summed E-state index contributed by atoms with van der Waals surface area (Å²) in [7, 11) is 1.94. The Morgan fingerprint density at radius 2 is 2.29 bits per heavy atom. The highest BCUT2D eigenvalue weighted by atomic mass is 16.5. The Morgan fingerprint density at radius 1 is 1.48 bits per heavy atom. The Labute approximate surface area is 126 Å². The number of nitrogens with one attached hydrogen (secondary N) is 1. The van der Waals surface area contributed by atoms with Crippen LogP contribution >= 0.6 is 0 Å². The standard InChI is InChI=1S/C16H24N2O3/c1-4-21-15-6-5-13(12(2)17-3)9-14(15)10-18-7-8-20-11-16(18)19/h5-6,9,12,17H,4,7-8,10-11H2,1-3H3. The third kappa shape index (κ3) is 3.95. The minimum Gasteiger partial charge on any atom is -0.494 e. The number of carbonyl (C=O) groups is 1. The summed E-state index contributed by atoms with van der Waals surface area (Å²) < 4.78 is 10.9. The molecule has 1 unspecified atom stereocenters. The second-order valence-corrected chi connectivity index (χ2v) is 5.18. The molecule has 1 heterocycles. The van der Waals surface area contributed by atoms with Crippen molar-refractivity contribution in [2.75, 3.05) is 33.4 Å². The van der Waals surface area contributed by atoms with Crippen LogP contribution in [0.3, 0.4) is 0 Å². The van der Waals surface area contributed by atoms with Crippen molar-refractivity contribution >= 4 is 5.91 Å². The molecule has 1 saturated heterocycles. The zero-order valence-electron chi connectivity index (χ0n) is 13.0. The first-order valence-electron chi connectivity index (χ1n) is 7.44. The molecule has 116 valence electrons. The van der Waals surface area contributed by atoms with Crippen LogP contribution in [-0.4, -0.2) is 44.2 Å². The molecular weight excluding hydrogens is 268 g/mol. The van der Waals surface area contributed by atoms with Crippen LogP contribution in [-0.2, 0) is 16.1 Å². The molecule has 0 aliphatic carbocycles. The number of carbonyl (C=O) groups excluding carboxylic acids is 1.